The van der Waals surface area contributed by atoms with Gasteiger partial charge in [-0.2, -0.15) is 0 Å². The zero-order valence-electron chi connectivity index (χ0n) is 18.7. The highest BCUT2D eigenvalue weighted by Crippen LogP contribution is 2.66. The van der Waals surface area contributed by atoms with Gasteiger partial charge < -0.3 is 4.90 Å². The number of fused-ring (bicyclic) bond motifs is 5. The van der Waals surface area contributed by atoms with Gasteiger partial charge in [0.15, 0.2) is 0 Å². The molecule has 1 aromatic carbocycles. The van der Waals surface area contributed by atoms with Crippen LogP contribution in [0.4, 0.5) is 0 Å². The summed E-state index contributed by atoms with van der Waals surface area (Å²) in [6.07, 6.45) is 9.72. The van der Waals surface area contributed by atoms with Gasteiger partial charge in [-0.1, -0.05) is 49.8 Å². The first kappa shape index (κ1) is 19.4. The van der Waals surface area contributed by atoms with Crippen molar-refractivity contribution in [1.82, 2.24) is 4.90 Å². The molecule has 4 fully saturated rings. The van der Waals surface area contributed by atoms with E-state index in [1.54, 1.807) is 5.57 Å². The molecule has 156 valence electrons. The van der Waals surface area contributed by atoms with Crippen LogP contribution < -0.4 is 0 Å². The lowest BCUT2D eigenvalue weighted by atomic mass is 9.47. The van der Waals surface area contributed by atoms with Crippen LogP contribution in [-0.4, -0.2) is 23.9 Å². The Bertz CT molecular complexity index is 841. The number of allylic oxidation sites excluding steroid dienone is 2. The van der Waals surface area contributed by atoms with E-state index in [9.17, 15) is 4.79 Å². The molecule has 5 rings (SSSR count). The zero-order valence-corrected chi connectivity index (χ0v) is 18.7. The lowest BCUT2D eigenvalue weighted by Gasteiger charge is -2.61. The van der Waals surface area contributed by atoms with Crippen LogP contribution in [0.3, 0.4) is 0 Å². The molecule has 4 aliphatic rings. The highest BCUT2D eigenvalue weighted by Gasteiger charge is 2.60. The number of piperidine rings is 1. The Morgan fingerprint density at radius 2 is 1.72 bits per heavy atom. The molecule has 1 unspecified atom stereocenters. The van der Waals surface area contributed by atoms with Gasteiger partial charge in [0.2, 0.25) is 5.91 Å². The predicted octanol–water partition coefficient (Wildman–Crippen LogP) is 6.32. The number of nitrogens with zero attached hydrogens (tertiary/aromatic N) is 1. The van der Waals surface area contributed by atoms with Gasteiger partial charge in [-0.25, -0.2) is 0 Å². The first-order chi connectivity index (χ1) is 13.9. The molecule has 1 aliphatic heterocycles. The highest BCUT2D eigenvalue weighted by molar-refractivity contribution is 5.77. The van der Waals surface area contributed by atoms with Gasteiger partial charge in [-0.3, -0.25) is 4.79 Å². The maximum absolute atomic E-state index is 12.4. The van der Waals surface area contributed by atoms with Crippen LogP contribution in [0.25, 0.3) is 5.57 Å². The molecule has 1 saturated heterocycles. The summed E-state index contributed by atoms with van der Waals surface area (Å²) in [5, 5.41) is 0. The molecule has 0 N–H and O–H groups in total. The normalized spacial score (nSPS) is 43.4. The topological polar surface area (TPSA) is 20.3 Å². The first-order valence-corrected chi connectivity index (χ1v) is 11.9. The van der Waals surface area contributed by atoms with Gasteiger partial charge in [0.05, 0.1) is 0 Å². The summed E-state index contributed by atoms with van der Waals surface area (Å²) in [6.45, 7) is 7.49. The molecular formula is C27H37NO. The molecular weight excluding hydrogens is 354 g/mol. The van der Waals surface area contributed by atoms with Crippen molar-refractivity contribution < 1.29 is 4.79 Å². The van der Waals surface area contributed by atoms with Gasteiger partial charge in [0.25, 0.3) is 0 Å². The summed E-state index contributed by atoms with van der Waals surface area (Å²) in [6, 6.07) is 11.5. The lowest BCUT2D eigenvalue weighted by molar-refractivity contribution is -0.156. The monoisotopic (exact) mass is 391 g/mol. The second kappa shape index (κ2) is 6.72. The maximum atomic E-state index is 12.4. The van der Waals surface area contributed by atoms with Crippen molar-refractivity contribution in [1.29, 1.82) is 0 Å². The highest BCUT2D eigenvalue weighted by atomic mass is 16.2. The van der Waals surface area contributed by atoms with Gasteiger partial charge in [0.1, 0.15) is 0 Å². The molecule has 2 nitrogen and oxygen atoms in total. The molecule has 1 amide bonds. The lowest BCUT2D eigenvalue weighted by Crippen LogP contribution is -2.61. The number of hydrogen-bond acceptors (Lipinski definition) is 1. The number of likely N-dealkylation sites (tertiary alicyclic amines) is 1. The van der Waals surface area contributed by atoms with E-state index in [2.05, 4.69) is 63.1 Å². The zero-order chi connectivity index (χ0) is 20.4. The van der Waals surface area contributed by atoms with E-state index in [1.807, 2.05) is 0 Å². The van der Waals surface area contributed by atoms with Crippen molar-refractivity contribution in [2.75, 3.05) is 7.05 Å². The number of rotatable bonds is 1. The molecule has 29 heavy (non-hydrogen) atoms. The number of benzene rings is 1. The van der Waals surface area contributed by atoms with Crippen LogP contribution in [0.15, 0.2) is 35.9 Å². The van der Waals surface area contributed by atoms with E-state index < -0.39 is 0 Å². The molecule has 0 radical (unpaired) electrons. The van der Waals surface area contributed by atoms with E-state index in [1.165, 1.54) is 49.7 Å². The molecule has 0 aromatic heterocycles. The van der Waals surface area contributed by atoms with E-state index in [0.717, 1.165) is 30.6 Å². The van der Waals surface area contributed by atoms with Crippen LogP contribution >= 0.6 is 0 Å². The van der Waals surface area contributed by atoms with Crippen molar-refractivity contribution >= 4 is 11.5 Å². The quantitative estimate of drug-likeness (QED) is 0.548. The first-order valence-electron chi connectivity index (χ1n) is 11.9. The van der Waals surface area contributed by atoms with Gasteiger partial charge >= 0.3 is 0 Å². The Hall–Kier alpha value is -1.57. The fraction of sp³-hybridized carbons (Fsp3) is 0.667. The minimum absolute atomic E-state index is 0.327. The molecule has 2 heteroatoms. The summed E-state index contributed by atoms with van der Waals surface area (Å²) in [4.78, 5) is 14.5. The summed E-state index contributed by atoms with van der Waals surface area (Å²) < 4.78 is 0. The predicted molar refractivity (Wildman–Crippen MR) is 119 cm³/mol. The van der Waals surface area contributed by atoms with Crippen LogP contribution in [-0.2, 0) is 4.79 Å². The number of carbonyl (C=O) groups is 1. The third-order valence-corrected chi connectivity index (χ3v) is 10.0. The maximum Gasteiger partial charge on any atom is 0.222 e. The fourth-order valence-electron chi connectivity index (χ4n) is 8.44. The average Bonchev–Trinajstić information content (AvgIpc) is 3.08. The number of carbonyl (C=O) groups excluding carboxylic acids is 1. The third-order valence-electron chi connectivity index (χ3n) is 10.0. The standard InChI is InChI=1S/C27H37NO/c1-18(19-8-6-5-7-9-19)21-11-12-22-20-10-13-24-27(3,17-15-25(29)28(24)4)23(20)14-16-26(21,22)2/h5-9,20,22-24H,10-17H2,1-4H3/t20-,22-,23-,24?,26+,27+/m0/s1. The van der Waals surface area contributed by atoms with Gasteiger partial charge in [-0.05, 0) is 91.6 Å². The molecule has 6 atom stereocenters. The molecule has 0 spiro atoms. The second-order valence-electron chi connectivity index (χ2n) is 10.9. The Morgan fingerprint density at radius 1 is 0.966 bits per heavy atom. The van der Waals surface area contributed by atoms with E-state index >= 15 is 0 Å². The van der Waals surface area contributed by atoms with E-state index in [0.29, 0.717) is 22.8 Å². The largest absolute Gasteiger partial charge is 0.342 e. The molecule has 0 bridgehead atoms. The third kappa shape index (κ3) is 2.70. The van der Waals surface area contributed by atoms with Crippen LogP contribution in [0.1, 0.15) is 77.7 Å². The molecule has 1 aromatic rings. The van der Waals surface area contributed by atoms with Crippen molar-refractivity contribution in [2.24, 2.45) is 28.6 Å². The van der Waals surface area contributed by atoms with Crippen molar-refractivity contribution in [3.05, 3.63) is 41.5 Å². The number of amides is 1. The molecule has 1 heterocycles. The van der Waals surface area contributed by atoms with Crippen LogP contribution in [0, 0.1) is 28.6 Å². The van der Waals surface area contributed by atoms with Crippen molar-refractivity contribution in [3.8, 4) is 0 Å². The summed E-state index contributed by atoms with van der Waals surface area (Å²) in [5.41, 5.74) is 5.40. The molecule has 3 aliphatic carbocycles. The Kier molecular flexibility index (Phi) is 4.50. The Balaban J connectivity index is 1.47. The van der Waals surface area contributed by atoms with Crippen LogP contribution in [0.2, 0.25) is 0 Å². The summed E-state index contributed by atoms with van der Waals surface area (Å²) in [5.74, 6) is 2.84. The van der Waals surface area contributed by atoms with Gasteiger partial charge in [0, 0.05) is 19.5 Å². The number of hydrogen-bond donors (Lipinski definition) is 0. The fourth-order valence-corrected chi connectivity index (χ4v) is 8.44. The average molecular weight is 392 g/mol. The minimum atomic E-state index is 0.327. The van der Waals surface area contributed by atoms with E-state index in [4.69, 9.17) is 0 Å². The van der Waals surface area contributed by atoms with E-state index in [-0.39, 0.29) is 0 Å². The van der Waals surface area contributed by atoms with Crippen LogP contribution in [0.5, 0.6) is 0 Å². The summed E-state index contributed by atoms with van der Waals surface area (Å²) in [7, 11) is 2.07. The minimum Gasteiger partial charge on any atom is -0.342 e. The van der Waals surface area contributed by atoms with Crippen molar-refractivity contribution in [2.45, 2.75) is 78.2 Å². The second-order valence-corrected chi connectivity index (χ2v) is 10.9. The SMILES string of the molecule is CC(=C1CC[C@H]2[C@@H]3CCC4N(C)C(=O)CC[C@]4(C)[C@H]3CC[C@]12C)c1ccccc1. The Labute approximate surface area is 176 Å². The van der Waals surface area contributed by atoms with Crippen molar-refractivity contribution in [3.63, 3.8) is 0 Å². The smallest absolute Gasteiger partial charge is 0.222 e. The van der Waals surface area contributed by atoms with Gasteiger partial charge in [-0.15, -0.1) is 0 Å². The Morgan fingerprint density at radius 3 is 2.48 bits per heavy atom. The molecule has 3 saturated carbocycles. The summed E-state index contributed by atoms with van der Waals surface area (Å²) >= 11 is 0.